The summed E-state index contributed by atoms with van der Waals surface area (Å²) < 4.78 is 12.4. The van der Waals surface area contributed by atoms with Gasteiger partial charge in [-0.1, -0.05) is 61.7 Å². The topological polar surface area (TPSA) is 35.5 Å². The number of carbonyl (C=O) groups excluding carboxylic acids is 1. The van der Waals surface area contributed by atoms with Crippen molar-refractivity contribution in [2.75, 3.05) is 0 Å². The predicted octanol–water partition coefficient (Wildman–Crippen LogP) is 4.01. The standard InChI is InChI=1S/C19H30O3Si2/c1-16(20)21-18(2)15-19(18,13-14-23(3,4)5)22-24(6,7)17-11-9-8-10-12-17/h8-14H,15H2,1-7H3/b14-13+/t18-,19+/m0/s1. The molecular weight excluding hydrogens is 332 g/mol. The highest BCUT2D eigenvalue weighted by Gasteiger charge is 2.69. The molecule has 24 heavy (non-hydrogen) atoms. The van der Waals surface area contributed by atoms with Crippen LogP contribution in [0.4, 0.5) is 0 Å². The first-order chi connectivity index (χ1) is 10.9. The monoisotopic (exact) mass is 362 g/mol. The molecule has 0 heterocycles. The summed E-state index contributed by atoms with van der Waals surface area (Å²) in [7, 11) is -3.49. The SMILES string of the molecule is CC(=O)O[C@@]1(C)C[C@@]1(/C=C/[Si](C)(C)C)O[Si](C)(C)c1ccccc1. The molecule has 0 unspecified atom stereocenters. The first kappa shape index (κ1) is 19.2. The maximum atomic E-state index is 11.5. The van der Waals surface area contributed by atoms with E-state index in [1.165, 1.54) is 12.1 Å². The zero-order chi connectivity index (χ0) is 18.2. The highest BCUT2D eigenvalue weighted by atomic mass is 28.4. The maximum absolute atomic E-state index is 11.5. The van der Waals surface area contributed by atoms with Crippen LogP contribution in [0.25, 0.3) is 0 Å². The van der Waals surface area contributed by atoms with E-state index < -0.39 is 27.6 Å². The van der Waals surface area contributed by atoms with Gasteiger partial charge in [0.05, 0.1) is 8.07 Å². The lowest BCUT2D eigenvalue weighted by molar-refractivity contribution is -0.150. The van der Waals surface area contributed by atoms with E-state index in [0.717, 1.165) is 6.42 Å². The fourth-order valence-corrected chi connectivity index (χ4v) is 6.20. The highest BCUT2D eigenvalue weighted by Crippen LogP contribution is 2.56. The molecule has 0 aliphatic heterocycles. The summed E-state index contributed by atoms with van der Waals surface area (Å²) in [5, 5.41) is 1.25. The molecule has 3 nitrogen and oxygen atoms in total. The van der Waals surface area contributed by atoms with E-state index >= 15 is 0 Å². The summed E-state index contributed by atoms with van der Waals surface area (Å²) in [6.45, 7) is 14.8. The summed E-state index contributed by atoms with van der Waals surface area (Å²) >= 11 is 0. The number of rotatable bonds is 6. The molecule has 0 saturated heterocycles. The number of esters is 1. The molecule has 2 atom stereocenters. The Kier molecular flexibility index (Phi) is 5.01. The zero-order valence-corrected chi connectivity index (χ0v) is 18.0. The molecule has 1 aliphatic rings. The van der Waals surface area contributed by atoms with Crippen LogP contribution in [-0.2, 0) is 14.0 Å². The van der Waals surface area contributed by atoms with Crippen LogP contribution >= 0.6 is 0 Å². The van der Waals surface area contributed by atoms with E-state index in [4.69, 9.17) is 9.16 Å². The van der Waals surface area contributed by atoms with E-state index in [2.05, 4.69) is 68.8 Å². The average Bonchev–Trinajstić information content (AvgIpc) is 2.99. The van der Waals surface area contributed by atoms with Crippen LogP contribution in [0.5, 0.6) is 0 Å². The second-order valence-electron chi connectivity index (χ2n) is 8.57. The molecule has 0 spiro atoms. The Morgan fingerprint density at radius 1 is 1.12 bits per heavy atom. The minimum Gasteiger partial charge on any atom is -0.456 e. The van der Waals surface area contributed by atoms with Gasteiger partial charge in [-0.15, -0.1) is 0 Å². The van der Waals surface area contributed by atoms with Gasteiger partial charge < -0.3 is 9.16 Å². The van der Waals surface area contributed by atoms with Crippen molar-refractivity contribution in [3.8, 4) is 0 Å². The van der Waals surface area contributed by atoms with Crippen LogP contribution in [0.3, 0.4) is 0 Å². The van der Waals surface area contributed by atoms with Crippen LogP contribution in [0.15, 0.2) is 42.1 Å². The molecule has 0 amide bonds. The number of benzene rings is 1. The van der Waals surface area contributed by atoms with Gasteiger partial charge in [0.1, 0.15) is 11.2 Å². The lowest BCUT2D eigenvalue weighted by atomic mass is 10.2. The molecule has 1 aliphatic carbocycles. The largest absolute Gasteiger partial charge is 0.456 e. The van der Waals surface area contributed by atoms with Crippen molar-refractivity contribution in [3.05, 3.63) is 42.1 Å². The third-order valence-corrected chi connectivity index (χ3v) is 8.26. The molecule has 0 radical (unpaired) electrons. The van der Waals surface area contributed by atoms with Gasteiger partial charge in [0, 0.05) is 13.3 Å². The van der Waals surface area contributed by atoms with Crippen molar-refractivity contribution in [2.45, 2.75) is 64.2 Å². The van der Waals surface area contributed by atoms with E-state index in [9.17, 15) is 4.79 Å². The maximum Gasteiger partial charge on any atom is 0.303 e. The molecule has 0 aromatic heterocycles. The Hall–Kier alpha value is -1.18. The molecule has 0 bridgehead atoms. The lowest BCUT2D eigenvalue weighted by Crippen LogP contribution is -2.50. The van der Waals surface area contributed by atoms with Crippen LogP contribution in [-0.4, -0.2) is 33.6 Å². The average molecular weight is 363 g/mol. The van der Waals surface area contributed by atoms with Crippen molar-refractivity contribution in [2.24, 2.45) is 0 Å². The van der Waals surface area contributed by atoms with Gasteiger partial charge in [-0.05, 0) is 25.2 Å². The Morgan fingerprint density at radius 3 is 2.21 bits per heavy atom. The fourth-order valence-electron chi connectivity index (χ4n) is 3.05. The molecule has 1 fully saturated rings. The predicted molar refractivity (Wildman–Crippen MR) is 105 cm³/mol. The van der Waals surface area contributed by atoms with Gasteiger partial charge in [0.25, 0.3) is 0 Å². The molecule has 0 N–H and O–H groups in total. The summed E-state index contributed by atoms with van der Waals surface area (Å²) in [4.78, 5) is 11.5. The minimum atomic E-state index is -2.12. The summed E-state index contributed by atoms with van der Waals surface area (Å²) in [5.41, 5.74) is 1.25. The molecule has 5 heteroatoms. The Bertz CT molecular complexity index is 634. The molecule has 132 valence electrons. The zero-order valence-electron chi connectivity index (χ0n) is 16.0. The van der Waals surface area contributed by atoms with Crippen LogP contribution in [0, 0.1) is 0 Å². The first-order valence-corrected chi connectivity index (χ1v) is 15.0. The van der Waals surface area contributed by atoms with Crippen molar-refractivity contribution in [1.29, 1.82) is 0 Å². The number of ether oxygens (including phenoxy) is 1. The molecule has 1 aromatic rings. The van der Waals surface area contributed by atoms with Crippen LogP contribution in [0.1, 0.15) is 20.3 Å². The summed E-state index contributed by atoms with van der Waals surface area (Å²) in [6, 6.07) is 10.4. The molecular formula is C19H30O3Si2. The van der Waals surface area contributed by atoms with E-state index in [1.54, 1.807) is 0 Å². The smallest absolute Gasteiger partial charge is 0.303 e. The number of hydrogen-bond donors (Lipinski definition) is 0. The minimum absolute atomic E-state index is 0.247. The van der Waals surface area contributed by atoms with Gasteiger partial charge in [-0.2, -0.15) is 0 Å². The molecule has 1 aromatic carbocycles. The second kappa shape index (κ2) is 6.28. The van der Waals surface area contributed by atoms with Crippen LogP contribution < -0.4 is 5.19 Å². The quantitative estimate of drug-likeness (QED) is 0.566. The summed E-state index contributed by atoms with van der Waals surface area (Å²) in [6.07, 6.45) is 2.91. The van der Waals surface area contributed by atoms with E-state index in [0.29, 0.717) is 0 Å². The van der Waals surface area contributed by atoms with E-state index in [1.807, 2.05) is 13.0 Å². The summed E-state index contributed by atoms with van der Waals surface area (Å²) in [5.74, 6) is -0.247. The molecule has 2 rings (SSSR count). The Balaban J connectivity index is 2.32. The van der Waals surface area contributed by atoms with Gasteiger partial charge in [0.2, 0.25) is 8.32 Å². The van der Waals surface area contributed by atoms with Gasteiger partial charge >= 0.3 is 5.97 Å². The van der Waals surface area contributed by atoms with E-state index in [-0.39, 0.29) is 5.97 Å². The Morgan fingerprint density at radius 2 is 1.71 bits per heavy atom. The normalized spacial score (nSPS) is 27.3. The third-order valence-electron chi connectivity index (χ3n) is 4.50. The first-order valence-electron chi connectivity index (χ1n) is 8.55. The highest BCUT2D eigenvalue weighted by molar-refractivity contribution is 6.84. The number of carbonyl (C=O) groups is 1. The molecule has 1 saturated carbocycles. The second-order valence-corrected chi connectivity index (χ2v) is 17.4. The van der Waals surface area contributed by atoms with Crippen molar-refractivity contribution >= 4 is 27.5 Å². The van der Waals surface area contributed by atoms with Gasteiger partial charge in [-0.25, -0.2) is 0 Å². The Labute approximate surface area is 148 Å². The lowest BCUT2D eigenvalue weighted by Gasteiger charge is -2.31. The third kappa shape index (κ3) is 4.26. The van der Waals surface area contributed by atoms with Crippen molar-refractivity contribution in [1.82, 2.24) is 0 Å². The van der Waals surface area contributed by atoms with Crippen molar-refractivity contribution in [3.63, 3.8) is 0 Å². The number of hydrogen-bond acceptors (Lipinski definition) is 3. The van der Waals surface area contributed by atoms with Crippen molar-refractivity contribution < 1.29 is 14.0 Å². The fraction of sp³-hybridized carbons (Fsp3) is 0.526. The van der Waals surface area contributed by atoms with Gasteiger partial charge in [-0.3, -0.25) is 4.79 Å². The van der Waals surface area contributed by atoms with Gasteiger partial charge in [0.15, 0.2) is 0 Å². The van der Waals surface area contributed by atoms with Crippen LogP contribution in [0.2, 0.25) is 32.7 Å².